The van der Waals surface area contributed by atoms with Crippen molar-refractivity contribution >= 4 is 17.8 Å². The molecule has 2 aromatic carbocycles. The fourth-order valence-electron chi connectivity index (χ4n) is 3.41. The fourth-order valence-corrected chi connectivity index (χ4v) is 3.41. The minimum Gasteiger partial charge on any atom is -0.454 e. The summed E-state index contributed by atoms with van der Waals surface area (Å²) in [5.41, 5.74) is 4.84. The Morgan fingerprint density at radius 1 is 1.19 bits per heavy atom. The number of nitrogens with one attached hydrogen (secondary N) is 1. The number of halogens is 1. The van der Waals surface area contributed by atoms with E-state index in [1.807, 2.05) is 11.5 Å². The van der Waals surface area contributed by atoms with Gasteiger partial charge in [-0.3, -0.25) is 14.9 Å². The highest BCUT2D eigenvalue weighted by molar-refractivity contribution is 5.97. The number of ether oxygens (including phenoxy) is 2. The number of aromatic nitrogens is 1. The summed E-state index contributed by atoms with van der Waals surface area (Å²) in [6.45, 7) is 3.57. The number of rotatable bonds is 5. The van der Waals surface area contributed by atoms with E-state index in [2.05, 4.69) is 10.5 Å². The van der Waals surface area contributed by atoms with Gasteiger partial charge in [-0.2, -0.15) is 5.10 Å². The minimum atomic E-state index is -0.568. The van der Waals surface area contributed by atoms with Crippen LogP contribution in [0.25, 0.3) is 5.69 Å². The van der Waals surface area contributed by atoms with Gasteiger partial charge in [-0.05, 0) is 50.2 Å². The van der Waals surface area contributed by atoms with Gasteiger partial charge in [0.25, 0.3) is 11.6 Å². The van der Waals surface area contributed by atoms with Crippen molar-refractivity contribution in [3.05, 3.63) is 80.9 Å². The highest BCUT2D eigenvalue weighted by atomic mass is 19.1. The van der Waals surface area contributed by atoms with Crippen LogP contribution in [-0.4, -0.2) is 28.4 Å². The summed E-state index contributed by atoms with van der Waals surface area (Å²) in [6.07, 6.45) is 1.18. The molecule has 9 nitrogen and oxygen atoms in total. The maximum Gasteiger partial charge on any atom is 0.282 e. The number of hydrogen-bond donors (Lipinski definition) is 1. The van der Waals surface area contributed by atoms with Crippen molar-refractivity contribution in [1.82, 2.24) is 9.99 Å². The minimum absolute atomic E-state index is 0.0203. The number of nitro groups is 1. The van der Waals surface area contributed by atoms with Gasteiger partial charge in [0.2, 0.25) is 6.79 Å². The number of nitro benzene ring substituents is 1. The second-order valence-electron chi connectivity index (χ2n) is 6.82. The van der Waals surface area contributed by atoms with Crippen LogP contribution in [0, 0.1) is 29.8 Å². The first-order valence-corrected chi connectivity index (χ1v) is 9.21. The van der Waals surface area contributed by atoms with Crippen LogP contribution >= 0.6 is 0 Å². The first kappa shape index (κ1) is 20.1. The zero-order valence-electron chi connectivity index (χ0n) is 16.6. The third-order valence-electron chi connectivity index (χ3n) is 4.85. The third-order valence-corrected chi connectivity index (χ3v) is 4.85. The Kier molecular flexibility index (Phi) is 5.12. The fraction of sp³-hybridized carbons (Fsp3) is 0.143. The molecule has 3 aromatic rings. The average molecular weight is 424 g/mol. The van der Waals surface area contributed by atoms with Gasteiger partial charge in [0.05, 0.1) is 28.3 Å². The topological polar surface area (TPSA) is 108 Å². The molecule has 0 fully saturated rings. The molecule has 10 heteroatoms. The van der Waals surface area contributed by atoms with Gasteiger partial charge in [0.1, 0.15) is 5.82 Å². The summed E-state index contributed by atoms with van der Waals surface area (Å²) in [5, 5.41) is 15.2. The number of hydrazone groups is 1. The van der Waals surface area contributed by atoms with Crippen molar-refractivity contribution in [1.29, 1.82) is 0 Å². The molecular formula is C21H17FN4O5. The van der Waals surface area contributed by atoms with E-state index in [4.69, 9.17) is 9.47 Å². The number of carbonyl (C=O) groups excluding carboxylic acids is 1. The Hall–Kier alpha value is -4.21. The monoisotopic (exact) mass is 424 g/mol. The Balaban J connectivity index is 1.56. The van der Waals surface area contributed by atoms with Gasteiger partial charge in [0.15, 0.2) is 11.5 Å². The van der Waals surface area contributed by atoms with Crippen molar-refractivity contribution in [3.8, 4) is 17.2 Å². The molecule has 0 spiro atoms. The molecular weight excluding hydrogens is 407 g/mol. The molecule has 1 aromatic heterocycles. The highest BCUT2D eigenvalue weighted by Crippen LogP contribution is 2.37. The number of benzene rings is 2. The maximum atomic E-state index is 13.2. The summed E-state index contributed by atoms with van der Waals surface area (Å²) in [6, 6.07) is 10.3. The molecule has 0 bridgehead atoms. The Bertz CT molecular complexity index is 1220. The number of hydrogen-bond acceptors (Lipinski definition) is 6. The number of aryl methyl sites for hydroxylation is 1. The summed E-state index contributed by atoms with van der Waals surface area (Å²) in [5.74, 6) is -0.195. The van der Waals surface area contributed by atoms with Gasteiger partial charge in [-0.25, -0.2) is 9.82 Å². The highest BCUT2D eigenvalue weighted by Gasteiger charge is 2.23. The molecule has 31 heavy (non-hydrogen) atoms. The molecule has 1 amide bonds. The van der Waals surface area contributed by atoms with E-state index in [-0.39, 0.29) is 29.6 Å². The second-order valence-corrected chi connectivity index (χ2v) is 6.82. The van der Waals surface area contributed by atoms with Crippen LogP contribution in [0.1, 0.15) is 27.3 Å². The van der Waals surface area contributed by atoms with Gasteiger partial charge in [-0.15, -0.1) is 0 Å². The predicted molar refractivity (Wildman–Crippen MR) is 109 cm³/mol. The van der Waals surface area contributed by atoms with E-state index in [9.17, 15) is 19.3 Å². The number of fused-ring (bicyclic) bond motifs is 1. The lowest BCUT2D eigenvalue weighted by atomic mass is 10.1. The summed E-state index contributed by atoms with van der Waals surface area (Å²) in [7, 11) is 0. The lowest BCUT2D eigenvalue weighted by molar-refractivity contribution is -0.385. The van der Waals surface area contributed by atoms with Crippen molar-refractivity contribution < 1.29 is 23.6 Å². The molecule has 0 saturated heterocycles. The van der Waals surface area contributed by atoms with Gasteiger partial charge in [0, 0.05) is 17.1 Å². The standard InChI is InChI=1S/C21H17FN4O5/c1-12-7-17(13(2)25(12)16-5-3-15(22)4-6-16)21(27)24-23-10-14-8-19-20(31-11-30-19)9-18(14)26(28)29/h3-10H,11H2,1-2H3,(H,24,27)/b23-10+. The molecule has 1 aliphatic rings. The lowest BCUT2D eigenvalue weighted by Crippen LogP contribution is -2.18. The van der Waals surface area contributed by atoms with E-state index in [0.717, 1.165) is 11.4 Å². The lowest BCUT2D eigenvalue weighted by Gasteiger charge is -2.09. The zero-order chi connectivity index (χ0) is 22.1. The molecule has 0 aliphatic carbocycles. The molecule has 1 aliphatic heterocycles. The number of amides is 1. The normalized spacial score (nSPS) is 12.4. The predicted octanol–water partition coefficient (Wildman–Crippen LogP) is 3.63. The summed E-state index contributed by atoms with van der Waals surface area (Å²) < 4.78 is 25.4. The summed E-state index contributed by atoms with van der Waals surface area (Å²) in [4.78, 5) is 23.4. The molecule has 158 valence electrons. The van der Waals surface area contributed by atoms with E-state index in [1.165, 1.54) is 30.5 Å². The molecule has 2 heterocycles. The van der Waals surface area contributed by atoms with E-state index < -0.39 is 10.8 Å². The van der Waals surface area contributed by atoms with Crippen LogP contribution in [0.4, 0.5) is 10.1 Å². The van der Waals surface area contributed by atoms with Crippen molar-refractivity contribution in [2.75, 3.05) is 6.79 Å². The Labute approximate surface area is 175 Å². The first-order valence-electron chi connectivity index (χ1n) is 9.21. The SMILES string of the molecule is Cc1cc(C(=O)N/N=C/c2cc3c(cc2[N+](=O)[O-])OCO3)c(C)n1-c1ccc(F)cc1. The van der Waals surface area contributed by atoms with E-state index in [1.54, 1.807) is 25.1 Å². The Morgan fingerprint density at radius 3 is 2.55 bits per heavy atom. The molecule has 1 N–H and O–H groups in total. The van der Waals surface area contributed by atoms with E-state index in [0.29, 0.717) is 17.0 Å². The van der Waals surface area contributed by atoms with Crippen LogP contribution in [0.3, 0.4) is 0 Å². The largest absolute Gasteiger partial charge is 0.454 e. The van der Waals surface area contributed by atoms with Crippen LogP contribution in [0.2, 0.25) is 0 Å². The van der Waals surface area contributed by atoms with Crippen LogP contribution in [0.5, 0.6) is 11.5 Å². The zero-order valence-corrected chi connectivity index (χ0v) is 16.6. The third kappa shape index (κ3) is 3.82. The van der Waals surface area contributed by atoms with Crippen molar-refractivity contribution in [2.24, 2.45) is 5.10 Å². The van der Waals surface area contributed by atoms with Gasteiger partial charge < -0.3 is 14.0 Å². The molecule has 0 radical (unpaired) electrons. The molecule has 4 rings (SSSR count). The Morgan fingerprint density at radius 2 is 1.87 bits per heavy atom. The summed E-state index contributed by atoms with van der Waals surface area (Å²) >= 11 is 0. The quantitative estimate of drug-likeness (QED) is 0.382. The van der Waals surface area contributed by atoms with Crippen molar-refractivity contribution in [2.45, 2.75) is 13.8 Å². The maximum absolute atomic E-state index is 13.2. The smallest absolute Gasteiger partial charge is 0.282 e. The van der Waals surface area contributed by atoms with Gasteiger partial charge >= 0.3 is 0 Å². The second kappa shape index (κ2) is 7.90. The molecule has 0 unspecified atom stereocenters. The number of nitrogens with zero attached hydrogens (tertiary/aromatic N) is 3. The van der Waals surface area contributed by atoms with Crippen LogP contribution in [-0.2, 0) is 0 Å². The van der Waals surface area contributed by atoms with Crippen molar-refractivity contribution in [3.63, 3.8) is 0 Å². The number of carbonyl (C=O) groups is 1. The van der Waals surface area contributed by atoms with Crippen LogP contribution in [0.15, 0.2) is 47.6 Å². The molecule has 0 saturated carbocycles. The molecule has 0 atom stereocenters. The average Bonchev–Trinajstić information content (AvgIpc) is 3.31. The van der Waals surface area contributed by atoms with E-state index >= 15 is 0 Å². The first-order chi connectivity index (χ1) is 14.8. The van der Waals surface area contributed by atoms with Gasteiger partial charge in [-0.1, -0.05) is 0 Å². The van der Waals surface area contributed by atoms with Crippen LogP contribution < -0.4 is 14.9 Å².